The predicted molar refractivity (Wildman–Crippen MR) is 85.0 cm³/mol. The summed E-state index contributed by atoms with van der Waals surface area (Å²) in [5.41, 5.74) is 0.788. The number of allylic oxidation sites excluding steroid dienone is 1. The van der Waals surface area contributed by atoms with Gasteiger partial charge in [0.2, 0.25) is 11.8 Å². The molecule has 0 saturated carbocycles. The van der Waals surface area contributed by atoms with Crippen LogP contribution in [0.25, 0.3) is 0 Å². The van der Waals surface area contributed by atoms with Crippen LogP contribution in [0.15, 0.2) is 35.0 Å². The Morgan fingerprint density at radius 1 is 1.30 bits per heavy atom. The molecule has 2 fully saturated rings. The molecule has 2 aliphatic heterocycles. The number of carbonyl (C=O) groups is 2. The number of amides is 2. The lowest BCUT2D eigenvalue weighted by Crippen LogP contribution is -2.38. The number of imide groups is 1. The summed E-state index contributed by atoms with van der Waals surface area (Å²) in [6.07, 6.45) is 2.12. The minimum absolute atomic E-state index is 0.108. The lowest BCUT2D eigenvalue weighted by Gasteiger charge is -2.27. The number of likely N-dealkylation sites (tertiary alicyclic amines) is 2. The van der Waals surface area contributed by atoms with Gasteiger partial charge in [-0.05, 0) is 31.7 Å². The van der Waals surface area contributed by atoms with E-state index in [2.05, 4.69) is 23.3 Å². The molecule has 0 spiro atoms. The van der Waals surface area contributed by atoms with Gasteiger partial charge in [0, 0.05) is 19.5 Å². The number of rotatable bonds is 2. The zero-order chi connectivity index (χ0) is 16.7. The van der Waals surface area contributed by atoms with Crippen molar-refractivity contribution >= 4 is 11.8 Å². The summed E-state index contributed by atoms with van der Waals surface area (Å²) >= 11 is 0. The van der Waals surface area contributed by atoms with Crippen LogP contribution in [0, 0.1) is 23.7 Å². The second-order valence-electron chi connectivity index (χ2n) is 6.27. The van der Waals surface area contributed by atoms with Gasteiger partial charge in [-0.2, -0.15) is 0 Å². The highest BCUT2D eigenvalue weighted by Crippen LogP contribution is 2.49. The zero-order valence-electron chi connectivity index (χ0n) is 13.6. The van der Waals surface area contributed by atoms with E-state index in [1.165, 1.54) is 4.90 Å². The second-order valence-corrected chi connectivity index (χ2v) is 6.27. The number of nitrogens with zero attached hydrogens (tertiary/aromatic N) is 2. The lowest BCUT2D eigenvalue weighted by atomic mass is 9.87. The summed E-state index contributed by atoms with van der Waals surface area (Å²) in [4.78, 5) is 28.4. The quantitative estimate of drug-likeness (QED) is 0.617. The first-order valence-electron chi connectivity index (χ1n) is 7.64. The van der Waals surface area contributed by atoms with Crippen LogP contribution in [0.4, 0.5) is 0 Å². The monoisotopic (exact) mass is 312 g/mol. The van der Waals surface area contributed by atoms with Crippen LogP contribution in [0.3, 0.4) is 0 Å². The molecule has 0 unspecified atom stereocenters. The van der Waals surface area contributed by atoms with Gasteiger partial charge in [-0.25, -0.2) is 0 Å². The first-order valence-corrected chi connectivity index (χ1v) is 7.64. The van der Waals surface area contributed by atoms with Crippen molar-refractivity contribution < 1.29 is 14.0 Å². The average Bonchev–Trinajstić information content (AvgIpc) is 3.16. The van der Waals surface area contributed by atoms with Gasteiger partial charge in [0.1, 0.15) is 5.76 Å². The first kappa shape index (κ1) is 15.6. The van der Waals surface area contributed by atoms with Crippen molar-refractivity contribution in [2.24, 2.45) is 11.8 Å². The molecule has 5 nitrogen and oxygen atoms in total. The van der Waals surface area contributed by atoms with Crippen LogP contribution < -0.4 is 0 Å². The van der Waals surface area contributed by atoms with Crippen LogP contribution in [0.5, 0.6) is 0 Å². The van der Waals surface area contributed by atoms with Crippen molar-refractivity contribution in [2.75, 3.05) is 14.1 Å². The summed E-state index contributed by atoms with van der Waals surface area (Å²) in [6, 6.07) is 3.32. The molecule has 3 heterocycles. The summed E-state index contributed by atoms with van der Waals surface area (Å²) < 4.78 is 5.53. The Bertz CT molecular complexity index is 710. The van der Waals surface area contributed by atoms with Crippen LogP contribution in [-0.4, -0.2) is 41.8 Å². The summed E-state index contributed by atoms with van der Waals surface area (Å²) in [5, 5.41) is 0. The number of fused-ring (bicyclic) bond motifs is 1. The van der Waals surface area contributed by atoms with Crippen LogP contribution in [0.2, 0.25) is 0 Å². The van der Waals surface area contributed by atoms with E-state index in [4.69, 9.17) is 4.42 Å². The molecule has 0 N–H and O–H groups in total. The minimum atomic E-state index is -0.403. The topological polar surface area (TPSA) is 53.8 Å². The molecule has 2 amide bonds. The molecule has 120 valence electrons. The van der Waals surface area contributed by atoms with Gasteiger partial charge in [0.05, 0.1) is 24.1 Å². The highest BCUT2D eigenvalue weighted by Gasteiger charge is 2.60. The van der Waals surface area contributed by atoms with Gasteiger partial charge in [0.25, 0.3) is 0 Å². The predicted octanol–water partition coefficient (Wildman–Crippen LogP) is 1.84. The molecular formula is C18H20N2O3. The molecule has 5 heteroatoms. The van der Waals surface area contributed by atoms with E-state index >= 15 is 0 Å². The first-order chi connectivity index (χ1) is 10.9. The van der Waals surface area contributed by atoms with E-state index in [1.807, 2.05) is 20.0 Å². The molecule has 4 atom stereocenters. The molecule has 2 aliphatic rings. The van der Waals surface area contributed by atoms with Crippen LogP contribution >= 0.6 is 0 Å². The van der Waals surface area contributed by atoms with E-state index in [-0.39, 0.29) is 29.8 Å². The van der Waals surface area contributed by atoms with Crippen LogP contribution in [0.1, 0.15) is 25.1 Å². The SMILES string of the molecule is C=C(C)C#CC[C@H]1[C@@H]2C(=O)N(C)C(=O)[C@@H]2[C@H](c2ccco2)N1C. The largest absolute Gasteiger partial charge is 0.468 e. The fourth-order valence-electron chi connectivity index (χ4n) is 3.73. The zero-order valence-corrected chi connectivity index (χ0v) is 13.6. The van der Waals surface area contributed by atoms with E-state index < -0.39 is 5.92 Å². The van der Waals surface area contributed by atoms with E-state index in [0.717, 1.165) is 5.57 Å². The molecule has 23 heavy (non-hydrogen) atoms. The Labute approximate surface area is 135 Å². The van der Waals surface area contributed by atoms with E-state index in [0.29, 0.717) is 12.2 Å². The maximum absolute atomic E-state index is 12.6. The highest BCUT2D eigenvalue weighted by atomic mass is 16.3. The molecule has 1 aromatic heterocycles. The van der Waals surface area contributed by atoms with Crippen molar-refractivity contribution in [2.45, 2.75) is 25.4 Å². The molecule has 0 aliphatic carbocycles. The third kappa shape index (κ3) is 2.40. The van der Waals surface area contributed by atoms with Crippen molar-refractivity contribution in [1.29, 1.82) is 0 Å². The maximum Gasteiger partial charge on any atom is 0.234 e. The standard InChI is InChI=1S/C18H20N2O3/c1-11(2)7-5-8-12-14-15(18(22)20(4)17(14)21)16(19(12)3)13-9-6-10-23-13/h6,9-10,12,14-16H,1,8H2,2-4H3/t12-,14-,15-,16-/m0/s1. The summed E-state index contributed by atoms with van der Waals surface area (Å²) in [6.45, 7) is 5.61. The Balaban J connectivity index is 1.98. The highest BCUT2D eigenvalue weighted by molar-refractivity contribution is 6.06. The van der Waals surface area contributed by atoms with Crippen molar-refractivity contribution in [3.63, 3.8) is 0 Å². The summed E-state index contributed by atoms with van der Waals surface area (Å²) in [7, 11) is 3.48. The fraction of sp³-hybridized carbons (Fsp3) is 0.444. The van der Waals surface area contributed by atoms with Gasteiger partial charge in [0.15, 0.2) is 0 Å². The van der Waals surface area contributed by atoms with Crippen molar-refractivity contribution in [3.8, 4) is 11.8 Å². The third-order valence-corrected chi connectivity index (χ3v) is 4.78. The molecule has 1 aromatic rings. The van der Waals surface area contributed by atoms with Gasteiger partial charge in [-0.1, -0.05) is 18.4 Å². The number of carbonyl (C=O) groups excluding carboxylic acids is 2. The second kappa shape index (κ2) is 5.71. The van der Waals surface area contributed by atoms with Crippen LogP contribution in [-0.2, 0) is 9.59 Å². The molecule has 2 saturated heterocycles. The van der Waals surface area contributed by atoms with Gasteiger partial charge < -0.3 is 4.42 Å². The third-order valence-electron chi connectivity index (χ3n) is 4.78. The Kier molecular flexibility index (Phi) is 3.87. The van der Waals surface area contributed by atoms with Gasteiger partial charge in [-0.3, -0.25) is 19.4 Å². The van der Waals surface area contributed by atoms with E-state index in [9.17, 15) is 9.59 Å². The number of furan rings is 1. The van der Waals surface area contributed by atoms with Crippen molar-refractivity contribution in [3.05, 3.63) is 36.3 Å². The summed E-state index contributed by atoms with van der Waals surface area (Å²) in [5.74, 6) is 5.73. The Hall–Kier alpha value is -2.32. The molecular weight excluding hydrogens is 292 g/mol. The molecule has 0 aromatic carbocycles. The normalized spacial score (nSPS) is 30.3. The Morgan fingerprint density at radius 3 is 2.61 bits per heavy atom. The lowest BCUT2D eigenvalue weighted by molar-refractivity contribution is -0.139. The Morgan fingerprint density at radius 2 is 2.00 bits per heavy atom. The van der Waals surface area contributed by atoms with E-state index in [1.54, 1.807) is 19.4 Å². The number of hydrogen-bond acceptors (Lipinski definition) is 4. The molecule has 0 radical (unpaired) electrons. The minimum Gasteiger partial charge on any atom is -0.468 e. The molecule has 0 bridgehead atoms. The average molecular weight is 312 g/mol. The number of hydrogen-bond donors (Lipinski definition) is 0. The van der Waals surface area contributed by atoms with Gasteiger partial charge >= 0.3 is 0 Å². The van der Waals surface area contributed by atoms with Crippen molar-refractivity contribution in [1.82, 2.24) is 9.80 Å². The maximum atomic E-state index is 12.6. The molecule has 3 rings (SSSR count). The fourth-order valence-corrected chi connectivity index (χ4v) is 3.73. The van der Waals surface area contributed by atoms with Gasteiger partial charge in [-0.15, -0.1) is 0 Å². The smallest absolute Gasteiger partial charge is 0.234 e.